The molecule has 4 nitrogen and oxygen atoms in total. The van der Waals surface area contributed by atoms with Gasteiger partial charge in [-0.25, -0.2) is 0 Å². The molecule has 2 saturated heterocycles. The summed E-state index contributed by atoms with van der Waals surface area (Å²) in [5.74, 6) is 0.867. The number of ether oxygens (including phenoxy) is 2. The van der Waals surface area contributed by atoms with Crippen LogP contribution in [-0.4, -0.2) is 36.9 Å². The van der Waals surface area contributed by atoms with Gasteiger partial charge in [-0.05, 0) is 38.1 Å². The van der Waals surface area contributed by atoms with E-state index >= 15 is 0 Å². The molecular weight excluding hydrogens is 290 g/mol. The third-order valence-corrected chi connectivity index (χ3v) is 7.27. The molecule has 4 aliphatic rings. The Morgan fingerprint density at radius 3 is 3.00 bits per heavy atom. The van der Waals surface area contributed by atoms with Crippen LogP contribution in [0, 0.1) is 23.2 Å². The number of rotatable bonds is 5. The SMILES string of the molecule is CCCCNCC1C(=O)OC2CC3(C)CCCC(C)C34OC4C21. The number of unbranched alkanes of at least 4 members (excludes halogenated alkanes) is 1. The average Bonchev–Trinajstić information content (AvgIpc) is 3.18. The fraction of sp³-hybridized carbons (Fsp3) is 0.947. The first-order valence-electron chi connectivity index (χ1n) is 9.62. The third kappa shape index (κ3) is 2.13. The molecule has 4 rings (SSSR count). The Labute approximate surface area is 139 Å². The molecule has 7 unspecified atom stereocenters. The molecule has 130 valence electrons. The number of hydrogen-bond acceptors (Lipinski definition) is 4. The summed E-state index contributed by atoms with van der Waals surface area (Å²) < 4.78 is 12.3. The normalized spacial score (nSPS) is 50.7. The molecule has 4 fully saturated rings. The van der Waals surface area contributed by atoms with Crippen molar-refractivity contribution in [1.82, 2.24) is 5.32 Å². The summed E-state index contributed by atoms with van der Waals surface area (Å²) in [6, 6.07) is 0. The van der Waals surface area contributed by atoms with E-state index in [2.05, 4.69) is 26.1 Å². The molecule has 0 aromatic heterocycles. The number of hydrogen-bond donors (Lipinski definition) is 1. The molecule has 4 heteroatoms. The summed E-state index contributed by atoms with van der Waals surface area (Å²) in [6.45, 7) is 8.66. The smallest absolute Gasteiger partial charge is 0.311 e. The van der Waals surface area contributed by atoms with Crippen LogP contribution >= 0.6 is 0 Å². The second kappa shape index (κ2) is 5.45. The molecule has 2 saturated carbocycles. The summed E-state index contributed by atoms with van der Waals surface area (Å²) in [7, 11) is 0. The predicted molar refractivity (Wildman–Crippen MR) is 88.0 cm³/mol. The zero-order valence-electron chi connectivity index (χ0n) is 14.8. The molecule has 0 aromatic rings. The second-order valence-electron chi connectivity index (χ2n) is 8.61. The first kappa shape index (κ1) is 15.9. The van der Waals surface area contributed by atoms with Crippen LogP contribution in [0.5, 0.6) is 0 Å². The van der Waals surface area contributed by atoms with Crippen LogP contribution in [0.1, 0.15) is 59.3 Å². The minimum atomic E-state index is -0.0140. The van der Waals surface area contributed by atoms with Crippen LogP contribution in [0.4, 0.5) is 0 Å². The number of esters is 1. The maximum absolute atomic E-state index is 12.4. The zero-order chi connectivity index (χ0) is 16.2. The van der Waals surface area contributed by atoms with Gasteiger partial charge in [0.25, 0.3) is 0 Å². The molecule has 1 spiro atoms. The minimum absolute atomic E-state index is 0.00421. The highest BCUT2D eigenvalue weighted by atomic mass is 16.6. The Morgan fingerprint density at radius 2 is 2.22 bits per heavy atom. The maximum Gasteiger partial charge on any atom is 0.311 e. The highest BCUT2D eigenvalue weighted by molar-refractivity contribution is 5.76. The van der Waals surface area contributed by atoms with Crippen LogP contribution in [0.15, 0.2) is 0 Å². The Hall–Kier alpha value is -0.610. The Morgan fingerprint density at radius 1 is 1.39 bits per heavy atom. The highest BCUT2D eigenvalue weighted by Crippen LogP contribution is 2.70. The number of epoxide rings is 1. The summed E-state index contributed by atoms with van der Waals surface area (Å²) in [5.41, 5.74) is 0.226. The molecule has 0 bridgehead atoms. The lowest BCUT2D eigenvalue weighted by molar-refractivity contribution is -0.146. The first-order valence-corrected chi connectivity index (χ1v) is 9.62. The molecule has 2 aliphatic heterocycles. The van der Waals surface area contributed by atoms with Crippen molar-refractivity contribution in [3.05, 3.63) is 0 Å². The monoisotopic (exact) mass is 321 g/mol. The third-order valence-electron chi connectivity index (χ3n) is 7.27. The van der Waals surface area contributed by atoms with Gasteiger partial charge in [0.05, 0.1) is 12.0 Å². The van der Waals surface area contributed by atoms with Crippen molar-refractivity contribution < 1.29 is 14.3 Å². The van der Waals surface area contributed by atoms with E-state index in [9.17, 15) is 4.79 Å². The number of fused-ring (bicyclic) bond motifs is 2. The van der Waals surface area contributed by atoms with Crippen LogP contribution in [0.2, 0.25) is 0 Å². The minimum Gasteiger partial charge on any atom is -0.462 e. The van der Waals surface area contributed by atoms with Gasteiger partial charge in [0.2, 0.25) is 0 Å². The van der Waals surface area contributed by atoms with Gasteiger partial charge in [0.15, 0.2) is 0 Å². The average molecular weight is 321 g/mol. The molecule has 0 amide bonds. The van der Waals surface area contributed by atoms with Gasteiger partial charge in [-0.1, -0.05) is 33.6 Å². The zero-order valence-corrected chi connectivity index (χ0v) is 14.8. The van der Waals surface area contributed by atoms with Crippen molar-refractivity contribution in [3.8, 4) is 0 Å². The molecule has 0 radical (unpaired) electrons. The van der Waals surface area contributed by atoms with E-state index in [4.69, 9.17) is 9.47 Å². The highest BCUT2D eigenvalue weighted by Gasteiger charge is 2.78. The van der Waals surface area contributed by atoms with E-state index < -0.39 is 0 Å². The molecule has 7 atom stereocenters. The van der Waals surface area contributed by atoms with Gasteiger partial charge in [-0.3, -0.25) is 4.79 Å². The Kier molecular flexibility index (Phi) is 3.77. The molecule has 2 aliphatic carbocycles. The van der Waals surface area contributed by atoms with Crippen LogP contribution in [0.25, 0.3) is 0 Å². The Bertz CT molecular complexity index is 495. The summed E-state index contributed by atoms with van der Waals surface area (Å²) in [6.07, 6.45) is 7.42. The summed E-state index contributed by atoms with van der Waals surface area (Å²) >= 11 is 0. The van der Waals surface area contributed by atoms with Crippen LogP contribution < -0.4 is 5.32 Å². The van der Waals surface area contributed by atoms with Crippen LogP contribution in [-0.2, 0) is 14.3 Å². The van der Waals surface area contributed by atoms with Crippen LogP contribution in [0.3, 0.4) is 0 Å². The van der Waals surface area contributed by atoms with Crippen molar-refractivity contribution in [3.63, 3.8) is 0 Å². The van der Waals surface area contributed by atoms with Crippen molar-refractivity contribution in [2.24, 2.45) is 23.2 Å². The van der Waals surface area contributed by atoms with E-state index in [-0.39, 0.29) is 41.0 Å². The topological polar surface area (TPSA) is 50.9 Å². The Balaban J connectivity index is 1.52. The molecule has 0 aromatic carbocycles. The number of carbonyl (C=O) groups excluding carboxylic acids is 1. The van der Waals surface area contributed by atoms with Crippen molar-refractivity contribution in [2.75, 3.05) is 13.1 Å². The van der Waals surface area contributed by atoms with E-state index in [1.54, 1.807) is 0 Å². The van der Waals surface area contributed by atoms with Gasteiger partial charge in [-0.15, -0.1) is 0 Å². The van der Waals surface area contributed by atoms with E-state index in [0.29, 0.717) is 5.92 Å². The first-order chi connectivity index (χ1) is 11.0. The molecule has 1 N–H and O–H groups in total. The predicted octanol–water partition coefficient (Wildman–Crippen LogP) is 2.90. The largest absolute Gasteiger partial charge is 0.462 e. The quantitative estimate of drug-likeness (QED) is 0.480. The fourth-order valence-corrected chi connectivity index (χ4v) is 6.03. The van der Waals surface area contributed by atoms with E-state index in [0.717, 1.165) is 25.9 Å². The van der Waals surface area contributed by atoms with E-state index in [1.807, 2.05) is 0 Å². The fourth-order valence-electron chi connectivity index (χ4n) is 6.03. The van der Waals surface area contributed by atoms with Gasteiger partial charge < -0.3 is 14.8 Å². The van der Waals surface area contributed by atoms with Crippen molar-refractivity contribution in [2.45, 2.75) is 77.1 Å². The number of nitrogens with one attached hydrogen (secondary N) is 1. The second-order valence-corrected chi connectivity index (χ2v) is 8.61. The molecule has 23 heavy (non-hydrogen) atoms. The number of carbonyl (C=O) groups is 1. The summed E-state index contributed by atoms with van der Waals surface area (Å²) in [4.78, 5) is 12.4. The van der Waals surface area contributed by atoms with Gasteiger partial charge in [0.1, 0.15) is 11.7 Å². The molecule has 2 heterocycles. The lowest BCUT2D eigenvalue weighted by atomic mass is 9.53. The standard InChI is InChI=1S/C19H31NO3/c1-4-5-9-20-11-13-15-14(22-17(13)21)10-18(3)8-6-7-12(2)19(18)16(15)23-19/h12-16,20H,4-11H2,1-3H3. The van der Waals surface area contributed by atoms with Gasteiger partial charge in [0, 0.05) is 17.9 Å². The maximum atomic E-state index is 12.4. The van der Waals surface area contributed by atoms with Crippen molar-refractivity contribution >= 4 is 5.97 Å². The van der Waals surface area contributed by atoms with E-state index in [1.165, 1.54) is 25.7 Å². The lowest BCUT2D eigenvalue weighted by Crippen LogP contribution is -2.54. The lowest BCUT2D eigenvalue weighted by Gasteiger charge is -2.48. The van der Waals surface area contributed by atoms with Crippen molar-refractivity contribution in [1.29, 1.82) is 0 Å². The van der Waals surface area contributed by atoms with Gasteiger partial charge in [-0.2, -0.15) is 0 Å². The molecular formula is C19H31NO3. The summed E-state index contributed by atoms with van der Waals surface area (Å²) in [5, 5.41) is 3.46. The van der Waals surface area contributed by atoms with Gasteiger partial charge >= 0.3 is 5.97 Å².